The zero-order chi connectivity index (χ0) is 21.5. The standard InChI is InChI=1S/C23H24N4O4/c28-22(19-4-2-1-3-5-19)25-20-6-8-21(9-7-20)31-23(29)26-13-10-18(11-14-26)16-30-27-15-12-24-17-27/h1-9,12,15,17-18H,10-11,13-14,16H2,(H,25,28). The Bertz CT molecular complexity index is 982. The molecule has 1 N–H and O–H groups in total. The van der Waals surface area contributed by atoms with E-state index in [1.807, 2.05) is 18.2 Å². The van der Waals surface area contributed by atoms with Crippen molar-refractivity contribution >= 4 is 17.7 Å². The maximum Gasteiger partial charge on any atom is 0.415 e. The highest BCUT2D eigenvalue weighted by molar-refractivity contribution is 6.04. The van der Waals surface area contributed by atoms with Crippen molar-refractivity contribution in [1.82, 2.24) is 14.6 Å². The zero-order valence-corrected chi connectivity index (χ0v) is 17.0. The van der Waals surface area contributed by atoms with E-state index in [2.05, 4.69) is 10.3 Å². The van der Waals surface area contributed by atoms with Crippen LogP contribution in [-0.2, 0) is 0 Å². The molecule has 0 bridgehead atoms. The fourth-order valence-corrected chi connectivity index (χ4v) is 3.36. The van der Waals surface area contributed by atoms with Gasteiger partial charge in [0.25, 0.3) is 5.91 Å². The summed E-state index contributed by atoms with van der Waals surface area (Å²) in [6.07, 6.45) is 6.38. The second kappa shape index (κ2) is 9.80. The van der Waals surface area contributed by atoms with Gasteiger partial charge >= 0.3 is 6.09 Å². The number of amides is 2. The van der Waals surface area contributed by atoms with Crippen LogP contribution in [0.5, 0.6) is 5.75 Å². The monoisotopic (exact) mass is 420 g/mol. The molecule has 8 nitrogen and oxygen atoms in total. The van der Waals surface area contributed by atoms with Gasteiger partial charge in [-0.05, 0) is 55.2 Å². The summed E-state index contributed by atoms with van der Waals surface area (Å²) in [7, 11) is 0. The number of aromatic nitrogens is 2. The fraction of sp³-hybridized carbons (Fsp3) is 0.261. The van der Waals surface area contributed by atoms with Gasteiger partial charge in [0.15, 0.2) is 0 Å². The molecule has 31 heavy (non-hydrogen) atoms. The summed E-state index contributed by atoms with van der Waals surface area (Å²) in [6, 6.07) is 15.7. The molecule has 0 radical (unpaired) electrons. The average Bonchev–Trinajstić information content (AvgIpc) is 3.33. The quantitative estimate of drug-likeness (QED) is 0.660. The summed E-state index contributed by atoms with van der Waals surface area (Å²) in [4.78, 5) is 35.9. The van der Waals surface area contributed by atoms with E-state index in [-0.39, 0.29) is 12.0 Å². The molecule has 160 valence electrons. The van der Waals surface area contributed by atoms with E-state index >= 15 is 0 Å². The van der Waals surface area contributed by atoms with E-state index in [0.29, 0.717) is 42.6 Å². The van der Waals surface area contributed by atoms with Crippen LogP contribution in [0.2, 0.25) is 0 Å². The molecule has 2 amide bonds. The minimum atomic E-state index is -0.366. The first kappa shape index (κ1) is 20.5. The number of nitrogens with zero attached hydrogens (tertiary/aromatic N) is 3. The highest BCUT2D eigenvalue weighted by Crippen LogP contribution is 2.20. The predicted octanol–water partition coefficient (Wildman–Crippen LogP) is 3.48. The molecule has 2 heterocycles. The number of carbonyl (C=O) groups excluding carboxylic acids is 2. The van der Waals surface area contributed by atoms with Crippen molar-refractivity contribution in [3.05, 3.63) is 78.9 Å². The van der Waals surface area contributed by atoms with Gasteiger partial charge in [-0.2, -0.15) is 4.73 Å². The lowest BCUT2D eigenvalue weighted by Crippen LogP contribution is -2.41. The van der Waals surface area contributed by atoms with Crippen molar-refractivity contribution in [1.29, 1.82) is 0 Å². The van der Waals surface area contributed by atoms with Gasteiger partial charge in [-0.1, -0.05) is 18.2 Å². The number of imidazole rings is 1. The minimum Gasteiger partial charge on any atom is -0.413 e. The molecule has 1 saturated heterocycles. The summed E-state index contributed by atoms with van der Waals surface area (Å²) in [5.74, 6) is 0.637. The number of benzene rings is 2. The largest absolute Gasteiger partial charge is 0.415 e. The van der Waals surface area contributed by atoms with Crippen LogP contribution in [0, 0.1) is 5.92 Å². The Balaban J connectivity index is 1.22. The van der Waals surface area contributed by atoms with Crippen molar-refractivity contribution in [2.24, 2.45) is 5.92 Å². The van der Waals surface area contributed by atoms with Crippen LogP contribution in [0.4, 0.5) is 10.5 Å². The van der Waals surface area contributed by atoms with Crippen LogP contribution in [0.3, 0.4) is 0 Å². The van der Waals surface area contributed by atoms with Gasteiger partial charge < -0.3 is 19.8 Å². The second-order valence-corrected chi connectivity index (χ2v) is 7.36. The van der Waals surface area contributed by atoms with Crippen molar-refractivity contribution in [3.8, 4) is 5.75 Å². The Morgan fingerprint density at radius 2 is 1.77 bits per heavy atom. The Morgan fingerprint density at radius 3 is 2.45 bits per heavy atom. The van der Waals surface area contributed by atoms with Crippen molar-refractivity contribution in [3.63, 3.8) is 0 Å². The number of anilines is 1. The minimum absolute atomic E-state index is 0.190. The molecule has 0 aliphatic carbocycles. The maximum atomic E-state index is 12.5. The molecule has 1 aliphatic heterocycles. The van der Waals surface area contributed by atoms with Crippen molar-refractivity contribution < 1.29 is 19.2 Å². The molecule has 0 spiro atoms. The number of rotatable bonds is 6. The summed E-state index contributed by atoms with van der Waals surface area (Å²) < 4.78 is 7.07. The van der Waals surface area contributed by atoms with E-state index in [4.69, 9.17) is 9.57 Å². The van der Waals surface area contributed by atoms with E-state index < -0.39 is 0 Å². The van der Waals surface area contributed by atoms with Crippen LogP contribution in [0.15, 0.2) is 73.3 Å². The molecule has 0 atom stereocenters. The third kappa shape index (κ3) is 5.63. The van der Waals surface area contributed by atoms with Crippen LogP contribution in [0.1, 0.15) is 23.2 Å². The number of carbonyl (C=O) groups is 2. The number of nitrogens with one attached hydrogen (secondary N) is 1. The summed E-state index contributed by atoms with van der Waals surface area (Å²) >= 11 is 0. The number of hydrogen-bond acceptors (Lipinski definition) is 5. The van der Waals surface area contributed by atoms with Gasteiger partial charge in [0.1, 0.15) is 18.7 Å². The molecule has 1 fully saturated rings. The van der Waals surface area contributed by atoms with Crippen LogP contribution < -0.4 is 14.9 Å². The van der Waals surface area contributed by atoms with E-state index in [9.17, 15) is 9.59 Å². The first-order valence-corrected chi connectivity index (χ1v) is 10.2. The lowest BCUT2D eigenvalue weighted by atomic mass is 9.98. The van der Waals surface area contributed by atoms with Crippen LogP contribution >= 0.6 is 0 Å². The Kier molecular flexibility index (Phi) is 6.47. The third-order valence-electron chi connectivity index (χ3n) is 5.17. The molecule has 4 rings (SSSR count). The maximum absolute atomic E-state index is 12.5. The zero-order valence-electron chi connectivity index (χ0n) is 17.0. The molecular weight excluding hydrogens is 396 g/mol. The number of ether oxygens (including phenoxy) is 1. The molecule has 2 aromatic carbocycles. The molecule has 0 unspecified atom stereocenters. The summed E-state index contributed by atoms with van der Waals surface area (Å²) in [5, 5.41) is 2.82. The fourth-order valence-electron chi connectivity index (χ4n) is 3.36. The van der Waals surface area contributed by atoms with Gasteiger partial charge in [0.2, 0.25) is 0 Å². The number of piperidine rings is 1. The van der Waals surface area contributed by atoms with Crippen molar-refractivity contribution in [2.75, 3.05) is 25.0 Å². The average molecular weight is 420 g/mol. The molecule has 8 heteroatoms. The van der Waals surface area contributed by atoms with E-state index in [0.717, 1.165) is 12.8 Å². The smallest absolute Gasteiger partial charge is 0.413 e. The number of hydrogen-bond donors (Lipinski definition) is 1. The first-order chi connectivity index (χ1) is 15.2. The lowest BCUT2D eigenvalue weighted by molar-refractivity contribution is 0.0541. The first-order valence-electron chi connectivity index (χ1n) is 10.2. The highest BCUT2D eigenvalue weighted by Gasteiger charge is 2.24. The van der Waals surface area contributed by atoms with Gasteiger partial charge in [-0.3, -0.25) is 4.79 Å². The number of likely N-dealkylation sites (tertiary alicyclic amines) is 1. The molecule has 1 aromatic heterocycles. The van der Waals surface area contributed by atoms with E-state index in [1.54, 1.807) is 64.7 Å². The van der Waals surface area contributed by atoms with Crippen LogP contribution in [0.25, 0.3) is 0 Å². The Morgan fingerprint density at radius 1 is 1.03 bits per heavy atom. The summed E-state index contributed by atoms with van der Waals surface area (Å²) in [5.41, 5.74) is 1.21. The molecule has 3 aromatic rings. The Hall–Kier alpha value is -3.81. The second-order valence-electron chi connectivity index (χ2n) is 7.36. The van der Waals surface area contributed by atoms with Crippen molar-refractivity contribution in [2.45, 2.75) is 12.8 Å². The molecule has 0 saturated carbocycles. The Labute approximate surface area is 180 Å². The van der Waals surface area contributed by atoms with Gasteiger partial charge in [-0.25, -0.2) is 9.78 Å². The lowest BCUT2D eigenvalue weighted by Gasteiger charge is -2.30. The SMILES string of the molecule is O=C(Nc1ccc(OC(=O)N2CCC(COn3ccnc3)CC2)cc1)c1ccccc1. The van der Waals surface area contributed by atoms with E-state index in [1.165, 1.54) is 0 Å². The van der Waals surface area contributed by atoms with Crippen LogP contribution in [-0.4, -0.2) is 46.3 Å². The van der Waals surface area contributed by atoms with Gasteiger partial charge in [-0.15, -0.1) is 0 Å². The summed E-state index contributed by atoms with van der Waals surface area (Å²) in [6.45, 7) is 1.85. The molecular formula is C23H24N4O4. The highest BCUT2D eigenvalue weighted by atomic mass is 16.7. The van der Waals surface area contributed by atoms with Gasteiger partial charge in [0.05, 0.1) is 6.20 Å². The third-order valence-corrected chi connectivity index (χ3v) is 5.17. The topological polar surface area (TPSA) is 85.7 Å². The molecule has 1 aliphatic rings. The predicted molar refractivity (Wildman–Crippen MR) is 115 cm³/mol. The normalized spacial score (nSPS) is 14.1. The van der Waals surface area contributed by atoms with Gasteiger partial charge in [0, 0.05) is 30.5 Å².